The van der Waals surface area contributed by atoms with Crippen LogP contribution in [0.1, 0.15) is 6.92 Å². The maximum Gasteiger partial charge on any atom is 0.0481 e. The molecule has 2 rings (SSSR count). The lowest BCUT2D eigenvalue weighted by molar-refractivity contribution is 0.605. The van der Waals surface area contributed by atoms with Crippen LogP contribution in [0.3, 0.4) is 0 Å². The van der Waals surface area contributed by atoms with E-state index in [4.69, 9.17) is 17.3 Å². The Hall–Kier alpha value is -0.990. The van der Waals surface area contributed by atoms with E-state index in [1.807, 2.05) is 31.3 Å². The van der Waals surface area contributed by atoms with Crippen LogP contribution in [0.4, 0.5) is 0 Å². The molecule has 2 nitrogen and oxygen atoms in total. The molecule has 0 amide bonds. The van der Waals surface area contributed by atoms with Gasteiger partial charge in [-0.25, -0.2) is 0 Å². The van der Waals surface area contributed by atoms with Gasteiger partial charge in [0, 0.05) is 34.7 Å². The fraction of sp³-hybridized carbons (Fsp3) is 0.273. The first-order chi connectivity index (χ1) is 6.66. The van der Waals surface area contributed by atoms with Crippen molar-refractivity contribution in [3.05, 3.63) is 35.5 Å². The number of halogens is 1. The number of hydrogen-bond donors (Lipinski definition) is 1. The van der Waals surface area contributed by atoms with Crippen LogP contribution in [0, 0.1) is 0 Å². The Kier molecular flexibility index (Phi) is 2.48. The van der Waals surface area contributed by atoms with Crippen molar-refractivity contribution >= 4 is 22.5 Å². The van der Waals surface area contributed by atoms with Crippen LogP contribution in [-0.4, -0.2) is 10.6 Å². The molecule has 1 aromatic heterocycles. The molecule has 0 saturated carbocycles. The Bertz CT molecular complexity index is 445. The number of rotatable bonds is 2. The molecule has 0 radical (unpaired) electrons. The van der Waals surface area contributed by atoms with E-state index in [1.165, 1.54) is 5.52 Å². The van der Waals surface area contributed by atoms with Crippen molar-refractivity contribution in [2.75, 3.05) is 0 Å². The highest BCUT2D eigenvalue weighted by atomic mass is 35.5. The minimum Gasteiger partial charge on any atom is -0.346 e. The van der Waals surface area contributed by atoms with Gasteiger partial charge in [-0.2, -0.15) is 0 Å². The normalized spacial score (nSPS) is 13.4. The van der Waals surface area contributed by atoms with Gasteiger partial charge in [0.25, 0.3) is 0 Å². The molecule has 0 spiro atoms. The molecule has 3 heteroatoms. The van der Waals surface area contributed by atoms with Gasteiger partial charge in [0.2, 0.25) is 0 Å². The summed E-state index contributed by atoms with van der Waals surface area (Å²) in [4.78, 5) is 0. The van der Waals surface area contributed by atoms with E-state index in [2.05, 4.69) is 10.6 Å². The lowest BCUT2D eigenvalue weighted by Gasteiger charge is -2.08. The van der Waals surface area contributed by atoms with Gasteiger partial charge < -0.3 is 10.3 Å². The number of benzene rings is 1. The number of nitrogens with two attached hydrogens (primary N) is 1. The third-order valence-corrected chi connectivity index (χ3v) is 2.45. The molecule has 0 bridgehead atoms. The molecular weight excluding hydrogens is 196 g/mol. The van der Waals surface area contributed by atoms with Crippen molar-refractivity contribution < 1.29 is 0 Å². The standard InChI is InChI=1S/C11H13ClN2/c1-8(13)7-14-5-4-9-6-10(12)2-3-11(9)14/h2-6,8H,7,13H2,1H3/t8-/m1/s1. The van der Waals surface area contributed by atoms with Crippen LogP contribution in [-0.2, 0) is 6.54 Å². The minimum absolute atomic E-state index is 0.168. The Balaban J connectivity index is 2.47. The smallest absolute Gasteiger partial charge is 0.0481 e. The summed E-state index contributed by atoms with van der Waals surface area (Å²) in [6.45, 7) is 2.84. The van der Waals surface area contributed by atoms with E-state index >= 15 is 0 Å². The molecule has 0 fully saturated rings. The van der Waals surface area contributed by atoms with Crippen LogP contribution < -0.4 is 5.73 Å². The van der Waals surface area contributed by atoms with Crippen molar-refractivity contribution in [1.29, 1.82) is 0 Å². The minimum atomic E-state index is 0.168. The van der Waals surface area contributed by atoms with E-state index < -0.39 is 0 Å². The largest absolute Gasteiger partial charge is 0.346 e. The summed E-state index contributed by atoms with van der Waals surface area (Å²) in [6.07, 6.45) is 2.05. The molecule has 0 aliphatic rings. The maximum atomic E-state index is 5.90. The summed E-state index contributed by atoms with van der Waals surface area (Å²) in [5.41, 5.74) is 6.94. The summed E-state index contributed by atoms with van der Waals surface area (Å²) >= 11 is 5.90. The molecule has 1 aromatic carbocycles. The third-order valence-electron chi connectivity index (χ3n) is 2.22. The van der Waals surface area contributed by atoms with Crippen LogP contribution in [0.2, 0.25) is 5.02 Å². The number of nitrogens with zero attached hydrogens (tertiary/aromatic N) is 1. The van der Waals surface area contributed by atoms with Crippen LogP contribution in [0.5, 0.6) is 0 Å². The van der Waals surface area contributed by atoms with Crippen molar-refractivity contribution in [2.24, 2.45) is 5.73 Å². The zero-order valence-corrected chi connectivity index (χ0v) is 8.83. The Morgan fingerprint density at radius 1 is 1.43 bits per heavy atom. The quantitative estimate of drug-likeness (QED) is 0.808. The van der Waals surface area contributed by atoms with Gasteiger partial charge in [0.15, 0.2) is 0 Å². The summed E-state index contributed by atoms with van der Waals surface area (Å²) in [5.74, 6) is 0. The first kappa shape index (κ1) is 9.56. The second kappa shape index (κ2) is 3.64. The number of hydrogen-bond acceptors (Lipinski definition) is 1. The molecule has 0 aliphatic carbocycles. The van der Waals surface area contributed by atoms with Gasteiger partial charge >= 0.3 is 0 Å². The molecule has 0 aliphatic heterocycles. The van der Waals surface area contributed by atoms with Gasteiger partial charge in [0.05, 0.1) is 0 Å². The summed E-state index contributed by atoms with van der Waals surface area (Å²) in [5, 5.41) is 1.94. The molecular formula is C11H13ClN2. The fourth-order valence-corrected chi connectivity index (χ4v) is 1.82. The van der Waals surface area contributed by atoms with Gasteiger partial charge in [-0.3, -0.25) is 0 Å². The van der Waals surface area contributed by atoms with E-state index in [9.17, 15) is 0 Å². The van der Waals surface area contributed by atoms with Crippen molar-refractivity contribution in [3.63, 3.8) is 0 Å². The monoisotopic (exact) mass is 208 g/mol. The van der Waals surface area contributed by atoms with Gasteiger partial charge in [-0.1, -0.05) is 11.6 Å². The van der Waals surface area contributed by atoms with E-state index in [1.54, 1.807) is 0 Å². The highest BCUT2D eigenvalue weighted by Gasteiger charge is 2.02. The molecule has 0 unspecified atom stereocenters. The second-order valence-corrected chi connectivity index (χ2v) is 4.08. The average Bonchev–Trinajstić information content (AvgIpc) is 2.47. The molecule has 2 N–H and O–H groups in total. The van der Waals surface area contributed by atoms with Crippen LogP contribution in [0.15, 0.2) is 30.5 Å². The van der Waals surface area contributed by atoms with Crippen LogP contribution >= 0.6 is 11.6 Å². The van der Waals surface area contributed by atoms with Gasteiger partial charge in [-0.15, -0.1) is 0 Å². The van der Waals surface area contributed by atoms with E-state index in [-0.39, 0.29) is 6.04 Å². The predicted molar refractivity (Wildman–Crippen MR) is 60.6 cm³/mol. The maximum absolute atomic E-state index is 5.90. The predicted octanol–water partition coefficient (Wildman–Crippen LogP) is 2.64. The zero-order chi connectivity index (χ0) is 10.1. The number of fused-ring (bicyclic) bond motifs is 1. The first-order valence-corrected chi connectivity index (χ1v) is 5.04. The van der Waals surface area contributed by atoms with Crippen molar-refractivity contribution in [1.82, 2.24) is 4.57 Å². The molecule has 1 atom stereocenters. The summed E-state index contributed by atoms with van der Waals surface area (Å²) in [6, 6.07) is 8.13. The van der Waals surface area contributed by atoms with E-state index in [0.29, 0.717) is 0 Å². The van der Waals surface area contributed by atoms with Gasteiger partial charge in [-0.05, 0) is 31.2 Å². The lowest BCUT2D eigenvalue weighted by atomic mass is 10.2. The Morgan fingerprint density at radius 3 is 2.93 bits per heavy atom. The average molecular weight is 209 g/mol. The number of aromatic nitrogens is 1. The summed E-state index contributed by atoms with van der Waals surface area (Å²) in [7, 11) is 0. The molecule has 0 saturated heterocycles. The fourth-order valence-electron chi connectivity index (χ4n) is 1.64. The molecule has 74 valence electrons. The highest BCUT2D eigenvalue weighted by Crippen LogP contribution is 2.20. The molecule has 1 heterocycles. The van der Waals surface area contributed by atoms with Crippen molar-refractivity contribution in [2.45, 2.75) is 19.5 Å². The third kappa shape index (κ3) is 1.76. The second-order valence-electron chi connectivity index (χ2n) is 3.65. The van der Waals surface area contributed by atoms with Crippen LogP contribution in [0.25, 0.3) is 10.9 Å². The Labute approximate surface area is 88.3 Å². The van der Waals surface area contributed by atoms with Crippen molar-refractivity contribution in [3.8, 4) is 0 Å². The Morgan fingerprint density at radius 2 is 2.21 bits per heavy atom. The lowest BCUT2D eigenvalue weighted by Crippen LogP contribution is -2.21. The molecule has 2 aromatic rings. The SMILES string of the molecule is C[C@@H](N)Cn1ccc2cc(Cl)ccc21. The topological polar surface area (TPSA) is 30.9 Å². The van der Waals surface area contributed by atoms with Gasteiger partial charge in [0.1, 0.15) is 0 Å². The first-order valence-electron chi connectivity index (χ1n) is 4.67. The highest BCUT2D eigenvalue weighted by molar-refractivity contribution is 6.31. The van der Waals surface area contributed by atoms with E-state index in [0.717, 1.165) is 17.0 Å². The molecule has 14 heavy (non-hydrogen) atoms. The summed E-state index contributed by atoms with van der Waals surface area (Å²) < 4.78 is 2.15. The zero-order valence-electron chi connectivity index (χ0n) is 8.07.